The predicted molar refractivity (Wildman–Crippen MR) is 180 cm³/mol. The SMILES string of the molecule is COC(=O)[C@H](CCC(=O)CNC(=O)c1cccc(CC(CC(=O)OC(C)(C)C)=NC(=O)OC(C)(C)C)c1)NC(=O)c1c(C)cccc1Cl. The number of benzene rings is 2. The van der Waals surface area contributed by atoms with Crippen LogP contribution < -0.4 is 10.6 Å². The normalized spacial score (nSPS) is 12.4. The first-order valence-corrected chi connectivity index (χ1v) is 15.7. The number of amides is 3. The zero-order valence-electron chi connectivity index (χ0n) is 28.7. The summed E-state index contributed by atoms with van der Waals surface area (Å²) in [4.78, 5) is 79.8. The minimum atomic E-state index is -1.12. The molecule has 0 unspecified atom stereocenters. The van der Waals surface area contributed by atoms with Crippen LogP contribution in [0, 0.1) is 6.92 Å². The van der Waals surface area contributed by atoms with Gasteiger partial charge in [0.1, 0.15) is 17.2 Å². The quantitative estimate of drug-likeness (QED) is 0.161. The van der Waals surface area contributed by atoms with E-state index >= 15 is 0 Å². The maximum absolute atomic E-state index is 12.9. The predicted octanol–water partition coefficient (Wildman–Crippen LogP) is 5.35. The van der Waals surface area contributed by atoms with Crippen LogP contribution in [0.1, 0.15) is 92.6 Å². The number of nitrogens with one attached hydrogen (secondary N) is 2. The molecule has 48 heavy (non-hydrogen) atoms. The fourth-order valence-electron chi connectivity index (χ4n) is 4.37. The largest absolute Gasteiger partial charge is 0.467 e. The zero-order chi connectivity index (χ0) is 36.2. The van der Waals surface area contributed by atoms with E-state index in [2.05, 4.69) is 15.6 Å². The van der Waals surface area contributed by atoms with Gasteiger partial charge in [-0.05, 0) is 84.2 Å². The summed E-state index contributed by atoms with van der Waals surface area (Å²) in [5, 5.41) is 5.35. The Morgan fingerprint density at radius 3 is 2.15 bits per heavy atom. The second-order valence-electron chi connectivity index (χ2n) is 13.0. The van der Waals surface area contributed by atoms with Gasteiger partial charge in [0.05, 0.1) is 30.7 Å². The number of methoxy groups -OCH3 is 1. The standard InChI is InChI=1S/C35H44ClN3O9/c1-21-11-9-14-26(36)29(21)31(43)39-27(32(44)46-8)16-15-25(40)20-37-30(42)23-13-10-12-22(17-23)18-24(19-28(41)47-34(2,3)4)38-33(45)48-35(5,6)7/h9-14,17,27H,15-16,18-20H2,1-8H3,(H,37,42)(H,39,43)/t27-/m0/s1. The summed E-state index contributed by atoms with van der Waals surface area (Å²) in [6, 6.07) is 10.3. The summed E-state index contributed by atoms with van der Waals surface area (Å²) in [6.07, 6.45) is -1.29. The summed E-state index contributed by atoms with van der Waals surface area (Å²) in [7, 11) is 1.17. The Bertz CT molecular complexity index is 1530. The highest BCUT2D eigenvalue weighted by Gasteiger charge is 2.25. The van der Waals surface area contributed by atoms with E-state index in [0.29, 0.717) is 11.1 Å². The lowest BCUT2D eigenvalue weighted by Crippen LogP contribution is -2.42. The van der Waals surface area contributed by atoms with Crippen LogP contribution in [0.15, 0.2) is 47.5 Å². The number of Topliss-reactive ketones (excluding diaryl/α,β-unsaturated/α-hetero) is 1. The highest BCUT2D eigenvalue weighted by atomic mass is 35.5. The third-order valence-corrected chi connectivity index (χ3v) is 6.72. The summed E-state index contributed by atoms with van der Waals surface area (Å²) in [6.45, 7) is 11.6. The molecule has 0 radical (unpaired) electrons. The van der Waals surface area contributed by atoms with E-state index < -0.39 is 47.1 Å². The van der Waals surface area contributed by atoms with Crippen molar-refractivity contribution in [1.82, 2.24) is 10.6 Å². The van der Waals surface area contributed by atoms with E-state index in [1.165, 1.54) is 7.11 Å². The number of hydrogen-bond donors (Lipinski definition) is 2. The Morgan fingerprint density at radius 1 is 0.896 bits per heavy atom. The average Bonchev–Trinajstić information content (AvgIpc) is 2.95. The molecule has 0 aliphatic heterocycles. The molecule has 0 heterocycles. The van der Waals surface area contributed by atoms with Crippen LogP contribution in [-0.4, -0.2) is 72.2 Å². The monoisotopic (exact) mass is 685 g/mol. The molecule has 2 rings (SSSR count). The van der Waals surface area contributed by atoms with Crippen molar-refractivity contribution in [3.05, 3.63) is 69.7 Å². The summed E-state index contributed by atoms with van der Waals surface area (Å²) < 4.78 is 15.5. The van der Waals surface area contributed by atoms with Gasteiger partial charge < -0.3 is 24.8 Å². The van der Waals surface area contributed by atoms with E-state index in [-0.39, 0.29) is 59.9 Å². The van der Waals surface area contributed by atoms with E-state index in [1.54, 1.807) is 90.9 Å². The van der Waals surface area contributed by atoms with Gasteiger partial charge in [0.25, 0.3) is 11.8 Å². The van der Waals surface area contributed by atoms with Crippen molar-refractivity contribution in [3.8, 4) is 0 Å². The number of rotatable bonds is 13. The highest BCUT2D eigenvalue weighted by Crippen LogP contribution is 2.20. The molecule has 260 valence electrons. The molecule has 0 bridgehead atoms. The molecule has 0 fully saturated rings. The number of hydrogen-bond acceptors (Lipinski definition) is 9. The first kappa shape index (κ1) is 39.6. The Kier molecular flexibility index (Phi) is 14.5. The maximum Gasteiger partial charge on any atom is 0.434 e. The molecule has 1 atom stereocenters. The Balaban J connectivity index is 2.06. The molecule has 12 nitrogen and oxygen atoms in total. The number of aliphatic imine (C=N–C) groups is 1. The first-order chi connectivity index (χ1) is 22.3. The number of nitrogens with zero attached hydrogens (tertiary/aromatic N) is 1. The van der Waals surface area contributed by atoms with Crippen LogP contribution in [0.4, 0.5) is 4.79 Å². The molecule has 0 aliphatic rings. The van der Waals surface area contributed by atoms with Crippen molar-refractivity contribution in [2.24, 2.45) is 4.99 Å². The molecule has 13 heteroatoms. The smallest absolute Gasteiger partial charge is 0.434 e. The van der Waals surface area contributed by atoms with Gasteiger partial charge in [-0.1, -0.05) is 35.9 Å². The lowest BCUT2D eigenvalue weighted by atomic mass is 10.0. The lowest BCUT2D eigenvalue weighted by Gasteiger charge is -2.20. The number of esters is 2. The lowest BCUT2D eigenvalue weighted by molar-refractivity contribution is -0.153. The molecule has 0 saturated heterocycles. The Hall–Kier alpha value is -4.58. The number of halogens is 1. The van der Waals surface area contributed by atoms with Gasteiger partial charge >= 0.3 is 18.0 Å². The fraction of sp³-hybridized carbons (Fsp3) is 0.457. The van der Waals surface area contributed by atoms with Crippen molar-refractivity contribution >= 4 is 52.9 Å². The van der Waals surface area contributed by atoms with Crippen LogP contribution in [0.25, 0.3) is 0 Å². The Labute approximate surface area is 285 Å². The van der Waals surface area contributed by atoms with E-state index in [4.69, 9.17) is 25.8 Å². The van der Waals surface area contributed by atoms with Gasteiger partial charge in [0.15, 0.2) is 5.78 Å². The van der Waals surface area contributed by atoms with E-state index in [0.717, 1.165) is 0 Å². The Morgan fingerprint density at radius 2 is 1.54 bits per heavy atom. The second kappa shape index (κ2) is 17.5. The number of carbonyl (C=O) groups excluding carboxylic acids is 6. The second-order valence-corrected chi connectivity index (χ2v) is 13.4. The molecule has 2 aromatic rings. The van der Waals surface area contributed by atoms with Crippen LogP contribution in [0.2, 0.25) is 5.02 Å². The minimum Gasteiger partial charge on any atom is -0.467 e. The van der Waals surface area contributed by atoms with Gasteiger partial charge in [-0.25, -0.2) is 9.59 Å². The highest BCUT2D eigenvalue weighted by molar-refractivity contribution is 6.34. The fourth-order valence-corrected chi connectivity index (χ4v) is 4.68. The summed E-state index contributed by atoms with van der Waals surface area (Å²) >= 11 is 6.17. The van der Waals surface area contributed by atoms with E-state index in [1.807, 2.05) is 0 Å². The third kappa shape index (κ3) is 14.0. The minimum absolute atomic E-state index is 0.0485. The van der Waals surface area contributed by atoms with E-state index in [9.17, 15) is 28.8 Å². The topological polar surface area (TPSA) is 167 Å². The molecular weight excluding hydrogens is 642 g/mol. The van der Waals surface area contributed by atoms with Crippen molar-refractivity contribution in [3.63, 3.8) is 0 Å². The molecule has 0 aliphatic carbocycles. The average molecular weight is 686 g/mol. The molecule has 0 aromatic heterocycles. The number of carbonyl (C=O) groups is 6. The van der Waals surface area contributed by atoms with Crippen molar-refractivity contribution < 1.29 is 43.0 Å². The van der Waals surface area contributed by atoms with Gasteiger partial charge in [-0.2, -0.15) is 4.99 Å². The summed E-state index contributed by atoms with van der Waals surface area (Å²) in [5.41, 5.74) is 0.268. The number of aryl methyl sites for hydroxylation is 1. The van der Waals surface area contributed by atoms with Crippen LogP contribution in [0.5, 0.6) is 0 Å². The van der Waals surface area contributed by atoms with Gasteiger partial charge in [0, 0.05) is 24.1 Å². The van der Waals surface area contributed by atoms with Crippen molar-refractivity contribution in [1.29, 1.82) is 0 Å². The van der Waals surface area contributed by atoms with Crippen LogP contribution in [0.3, 0.4) is 0 Å². The molecular formula is C35H44ClN3O9. The third-order valence-electron chi connectivity index (χ3n) is 6.41. The summed E-state index contributed by atoms with van der Waals surface area (Å²) in [5.74, 6) is -2.83. The van der Waals surface area contributed by atoms with Gasteiger partial charge in [-0.3, -0.25) is 19.2 Å². The van der Waals surface area contributed by atoms with Gasteiger partial charge in [0.2, 0.25) is 0 Å². The number of ketones is 1. The number of ether oxygens (including phenoxy) is 3. The van der Waals surface area contributed by atoms with Crippen LogP contribution >= 0.6 is 11.6 Å². The van der Waals surface area contributed by atoms with Crippen LogP contribution in [-0.2, 0) is 35.0 Å². The van der Waals surface area contributed by atoms with Crippen molar-refractivity contribution in [2.45, 2.75) is 91.4 Å². The molecule has 0 saturated carbocycles. The molecule has 3 amide bonds. The first-order valence-electron chi connectivity index (χ1n) is 15.3. The maximum atomic E-state index is 12.9. The molecule has 0 spiro atoms. The van der Waals surface area contributed by atoms with Crippen molar-refractivity contribution in [2.75, 3.05) is 13.7 Å². The van der Waals surface area contributed by atoms with Gasteiger partial charge in [-0.15, -0.1) is 0 Å². The molecule has 2 N–H and O–H groups in total. The molecule has 2 aromatic carbocycles. The zero-order valence-corrected chi connectivity index (χ0v) is 29.4.